The fourth-order valence-corrected chi connectivity index (χ4v) is 14.1. The summed E-state index contributed by atoms with van der Waals surface area (Å²) in [4.78, 5) is 10.3. The Morgan fingerprint density at radius 1 is 0.237 bits per heavy atom. The van der Waals surface area contributed by atoms with E-state index in [2.05, 4.69) is 304 Å². The average Bonchev–Trinajstić information content (AvgIpc) is 3.55. The molecule has 4 heterocycles. The largest absolute Gasteiger partial charge is 0.311 e. The molecule has 4 aliphatic rings. The SMILES string of the molecule is CC(C)(C)c1cc2c3c(c1)N(c1ccccc1)c1cc4c(cc1B3c1ccccc1N2c1ccccc1)B1c2ccccc2N(c2ccccc2)c2cc(C(C)(C)C)cc(c21)N4c1ccc2c3ccccc3c3ccccc3c2c1. The Morgan fingerprint density at radius 3 is 0.963 bits per heavy atom. The maximum Gasteiger partial charge on any atom is 0.252 e. The topological polar surface area (TPSA) is 13.0 Å². The van der Waals surface area contributed by atoms with Gasteiger partial charge in [0.2, 0.25) is 0 Å². The fourth-order valence-electron chi connectivity index (χ4n) is 14.1. The second-order valence-corrected chi connectivity index (χ2v) is 24.5. The van der Waals surface area contributed by atoms with E-state index in [0.717, 1.165) is 22.7 Å². The van der Waals surface area contributed by atoms with Gasteiger partial charge in [0.25, 0.3) is 13.4 Å². The van der Waals surface area contributed by atoms with Crippen molar-refractivity contribution in [1.29, 1.82) is 0 Å². The van der Waals surface area contributed by atoms with Gasteiger partial charge in [-0.3, -0.25) is 0 Å². The fraction of sp³-hybridized carbons (Fsp3) is 0.108. The van der Waals surface area contributed by atoms with Crippen LogP contribution in [-0.4, -0.2) is 13.4 Å². The van der Waals surface area contributed by atoms with E-state index in [4.69, 9.17) is 0 Å². The minimum absolute atomic E-state index is 0.0667. The molecule has 80 heavy (non-hydrogen) atoms. The zero-order chi connectivity index (χ0) is 53.8. The molecule has 12 aromatic carbocycles. The number of anilines is 12. The van der Waals surface area contributed by atoms with E-state index in [1.54, 1.807) is 0 Å². The number of fused-ring (bicyclic) bond motifs is 14. The third-order valence-corrected chi connectivity index (χ3v) is 17.8. The van der Waals surface area contributed by atoms with Crippen molar-refractivity contribution in [3.05, 3.63) is 254 Å². The predicted molar refractivity (Wildman–Crippen MR) is 344 cm³/mol. The van der Waals surface area contributed by atoms with E-state index in [0.29, 0.717) is 0 Å². The van der Waals surface area contributed by atoms with E-state index in [1.807, 2.05) is 0 Å². The molecule has 0 radical (unpaired) electrons. The van der Waals surface area contributed by atoms with E-state index < -0.39 is 0 Å². The molecule has 4 nitrogen and oxygen atoms in total. The van der Waals surface area contributed by atoms with Crippen LogP contribution in [0.15, 0.2) is 243 Å². The Labute approximate surface area is 470 Å². The highest BCUT2D eigenvalue weighted by atomic mass is 15.2. The summed E-state index contributed by atoms with van der Waals surface area (Å²) < 4.78 is 0. The van der Waals surface area contributed by atoms with Crippen LogP contribution in [0, 0.1) is 0 Å². The van der Waals surface area contributed by atoms with Crippen LogP contribution in [0.25, 0.3) is 32.3 Å². The highest BCUT2D eigenvalue weighted by molar-refractivity contribution is 7.03. The van der Waals surface area contributed by atoms with Crippen molar-refractivity contribution < 1.29 is 0 Å². The summed E-state index contributed by atoms with van der Waals surface area (Å²) in [5.41, 5.74) is 24.4. The van der Waals surface area contributed by atoms with E-state index in [1.165, 1.54) is 122 Å². The molecule has 0 N–H and O–H groups in total. The van der Waals surface area contributed by atoms with Gasteiger partial charge in [-0.15, -0.1) is 0 Å². The normalized spacial score (nSPS) is 14.0. The predicted octanol–water partition coefficient (Wildman–Crippen LogP) is 15.9. The number of nitrogens with zero attached hydrogens (tertiary/aromatic N) is 4. The van der Waals surface area contributed by atoms with Crippen molar-refractivity contribution in [2.75, 3.05) is 19.6 Å². The van der Waals surface area contributed by atoms with Gasteiger partial charge in [0, 0.05) is 68.2 Å². The van der Waals surface area contributed by atoms with Gasteiger partial charge in [0.1, 0.15) is 0 Å². The monoisotopic (exact) mass is 1020 g/mol. The summed E-state index contributed by atoms with van der Waals surface area (Å²) in [7, 11) is 0. The molecule has 0 bridgehead atoms. The molecular formula is C74H58B2N4. The maximum absolute atomic E-state index is 2.66. The third-order valence-electron chi connectivity index (χ3n) is 17.8. The van der Waals surface area contributed by atoms with Crippen molar-refractivity contribution in [1.82, 2.24) is 0 Å². The Kier molecular flexibility index (Phi) is 10.0. The first-order chi connectivity index (χ1) is 39.0. The van der Waals surface area contributed by atoms with E-state index in [9.17, 15) is 0 Å². The van der Waals surface area contributed by atoms with E-state index in [-0.39, 0.29) is 24.3 Å². The molecule has 0 aliphatic carbocycles. The van der Waals surface area contributed by atoms with Gasteiger partial charge in [-0.1, -0.05) is 193 Å². The number of benzene rings is 12. The summed E-state index contributed by atoms with van der Waals surface area (Å²) in [6.07, 6.45) is 0. The van der Waals surface area contributed by atoms with Crippen LogP contribution < -0.4 is 52.4 Å². The summed E-state index contributed by atoms with van der Waals surface area (Å²) in [5, 5.41) is 7.59. The molecule has 12 aromatic rings. The molecule has 6 heteroatoms. The summed E-state index contributed by atoms with van der Waals surface area (Å²) >= 11 is 0. The standard InChI is InChI=1S/C74H58B2N4/c1-73(2,3)47-40-67-71-69(42-47)79(51-28-14-9-15-29-51)65-46-66-62(45-61(65)75(71)59-34-20-22-36-63(59)77(67)49-24-10-7-11-25-49)76-60-35-21-23-37-64(60)78(50-26-12-8-13-27-50)68-41-48(74(4,5)6)43-70(72(68)76)80(66)52-38-39-57-55-32-17-16-30-53(55)54-31-18-19-33-56(54)58(57)44-52/h7-46H,1-6H3. The molecule has 0 atom stereocenters. The zero-order valence-electron chi connectivity index (χ0n) is 46.0. The van der Waals surface area contributed by atoms with Crippen molar-refractivity contribution >= 4 is 147 Å². The maximum atomic E-state index is 2.66. The van der Waals surface area contributed by atoms with Crippen LogP contribution >= 0.6 is 0 Å². The molecule has 380 valence electrons. The van der Waals surface area contributed by atoms with Crippen LogP contribution in [0.5, 0.6) is 0 Å². The van der Waals surface area contributed by atoms with Gasteiger partial charge < -0.3 is 19.6 Å². The molecule has 4 aliphatic heterocycles. The average molecular weight is 1020 g/mol. The summed E-state index contributed by atoms with van der Waals surface area (Å²) in [6.45, 7) is 14.0. The first kappa shape index (κ1) is 46.8. The van der Waals surface area contributed by atoms with Crippen molar-refractivity contribution in [3.8, 4) is 0 Å². The van der Waals surface area contributed by atoms with Crippen LogP contribution in [0.1, 0.15) is 52.7 Å². The number of para-hydroxylation sites is 5. The Bertz CT molecular complexity index is 4510. The highest BCUT2D eigenvalue weighted by Crippen LogP contribution is 2.51. The number of rotatable bonds is 4. The lowest BCUT2D eigenvalue weighted by Gasteiger charge is -2.48. The van der Waals surface area contributed by atoms with Gasteiger partial charge in [-0.25, -0.2) is 0 Å². The molecule has 0 amide bonds. The molecular weight excluding hydrogens is 966 g/mol. The molecule has 0 unspecified atom stereocenters. The molecule has 0 saturated heterocycles. The van der Waals surface area contributed by atoms with Crippen LogP contribution in [-0.2, 0) is 10.8 Å². The third kappa shape index (κ3) is 6.78. The van der Waals surface area contributed by atoms with Gasteiger partial charge in [-0.05, 0) is 178 Å². The lowest BCUT2D eigenvalue weighted by molar-refractivity contribution is 0.590. The second kappa shape index (κ2) is 17.1. The van der Waals surface area contributed by atoms with Crippen molar-refractivity contribution in [3.63, 3.8) is 0 Å². The summed E-state index contributed by atoms with van der Waals surface area (Å²) in [6, 6.07) is 92.1. The smallest absolute Gasteiger partial charge is 0.252 e. The Hall–Kier alpha value is -9.25. The van der Waals surface area contributed by atoms with Gasteiger partial charge in [-0.2, -0.15) is 0 Å². The Balaban J connectivity index is 1.06. The molecule has 0 aromatic heterocycles. The minimum atomic E-state index is -0.168. The first-order valence-corrected chi connectivity index (χ1v) is 28.4. The second-order valence-electron chi connectivity index (χ2n) is 24.5. The quantitative estimate of drug-likeness (QED) is 0.129. The van der Waals surface area contributed by atoms with Crippen molar-refractivity contribution in [2.24, 2.45) is 0 Å². The first-order valence-electron chi connectivity index (χ1n) is 28.4. The lowest BCUT2D eigenvalue weighted by atomic mass is 9.30. The lowest BCUT2D eigenvalue weighted by Crippen LogP contribution is -2.65. The highest BCUT2D eigenvalue weighted by Gasteiger charge is 2.49. The molecule has 16 rings (SSSR count). The van der Waals surface area contributed by atoms with Gasteiger partial charge in [0.05, 0.1) is 0 Å². The van der Waals surface area contributed by atoms with Crippen molar-refractivity contribution in [2.45, 2.75) is 52.4 Å². The molecule has 0 saturated carbocycles. The van der Waals surface area contributed by atoms with Crippen LogP contribution in [0.4, 0.5) is 68.2 Å². The molecule has 0 fully saturated rings. The Morgan fingerprint density at radius 2 is 0.562 bits per heavy atom. The van der Waals surface area contributed by atoms with E-state index >= 15 is 0 Å². The zero-order valence-corrected chi connectivity index (χ0v) is 46.0. The number of hydrogen-bond acceptors (Lipinski definition) is 4. The van der Waals surface area contributed by atoms with Gasteiger partial charge >= 0.3 is 0 Å². The molecule has 0 spiro atoms. The van der Waals surface area contributed by atoms with Crippen LogP contribution in [0.3, 0.4) is 0 Å². The van der Waals surface area contributed by atoms with Crippen LogP contribution in [0.2, 0.25) is 0 Å². The summed E-state index contributed by atoms with van der Waals surface area (Å²) in [5.74, 6) is 0. The van der Waals surface area contributed by atoms with Gasteiger partial charge in [0.15, 0.2) is 0 Å². The minimum Gasteiger partial charge on any atom is -0.311 e. The number of hydrogen-bond donors (Lipinski definition) is 0.